The minimum Gasteiger partial charge on any atom is -0.457 e. The normalized spacial score (nSPS) is 13.3. The molecule has 0 bridgehead atoms. The van der Waals surface area contributed by atoms with Gasteiger partial charge in [-0.15, -0.1) is 0 Å². The van der Waals surface area contributed by atoms with Crippen molar-refractivity contribution in [2.24, 2.45) is 0 Å². The van der Waals surface area contributed by atoms with Crippen molar-refractivity contribution in [2.75, 3.05) is 0 Å². The summed E-state index contributed by atoms with van der Waals surface area (Å²) >= 11 is 1.90. The lowest BCUT2D eigenvalue weighted by Crippen LogP contribution is -2.76. The topological polar surface area (TPSA) is 44.4 Å². The Morgan fingerprint density at radius 1 is 0.491 bits per heavy atom. The molecule has 0 atom stereocenters. The average molecular weight is 765 g/mol. The molecule has 7 heteroatoms. The highest BCUT2D eigenvalue weighted by Crippen LogP contribution is 2.43. The highest BCUT2D eigenvalue weighted by Gasteiger charge is 2.47. The Morgan fingerprint density at radius 3 is 2.09 bits per heavy atom. The van der Waals surface area contributed by atoms with E-state index in [2.05, 4.69) is 179 Å². The van der Waals surface area contributed by atoms with Gasteiger partial charge in [0.05, 0.1) is 16.7 Å². The molecule has 0 aliphatic carbocycles. The maximum absolute atomic E-state index is 6.67. The van der Waals surface area contributed by atoms with E-state index in [1.165, 1.54) is 41.3 Å². The summed E-state index contributed by atoms with van der Waals surface area (Å²) < 4.78 is 11.1. The van der Waals surface area contributed by atoms with Crippen molar-refractivity contribution in [3.05, 3.63) is 195 Å². The monoisotopic (exact) mass is 764 g/mol. The number of rotatable bonds is 5. The average Bonchev–Trinajstić information content (AvgIpc) is 3.91. The maximum Gasteiger partial charge on any atom is 0.181 e. The summed E-state index contributed by atoms with van der Waals surface area (Å²) in [7, 11) is -2.73. The molecule has 4 aromatic heterocycles. The Labute approximate surface area is 333 Å². The number of fused-ring (bicyclic) bond motifs is 12. The predicted octanol–water partition coefficient (Wildman–Crippen LogP) is 9.77. The molecule has 268 valence electrons. The number of ether oxygens (including phenoxy) is 1. The minimum atomic E-state index is -2.73. The van der Waals surface area contributed by atoms with Crippen molar-refractivity contribution in [3.63, 3.8) is 0 Å². The minimum absolute atomic E-state index is 0.749. The van der Waals surface area contributed by atoms with Gasteiger partial charge in [0.2, 0.25) is 0 Å². The van der Waals surface area contributed by atoms with Crippen LogP contribution in [0.2, 0.25) is 0 Å². The van der Waals surface area contributed by atoms with Gasteiger partial charge in [-0.2, -0.15) is 0 Å². The summed E-state index contributed by atoms with van der Waals surface area (Å²) in [5.41, 5.74) is 5.08. The lowest BCUT2D eigenvalue weighted by molar-refractivity contribution is 0.483. The van der Waals surface area contributed by atoms with Gasteiger partial charge >= 0.3 is 0 Å². The third-order valence-corrected chi connectivity index (χ3v) is 18.0. The molecule has 0 radical (unpaired) electrons. The first-order valence-electron chi connectivity index (χ1n) is 19.1. The molecule has 5 nitrogen and oxygen atoms in total. The standard InChI is InChI=1S/C50H32N4OSSi/c1-3-15-36(16-4-1)57(37-17-5-2-6-18-37)45-23-10-9-22-44(45)56-48-46(57)27-26-43-47(48)40-20-12-28-51-50(40)54(43)33-13-11-14-34(31-33)55-35-24-25-38-39-19-7-8-21-42(39)53-30-29-52-49(53)41(38)32-35/h1-32H. The van der Waals surface area contributed by atoms with Crippen molar-refractivity contribution in [2.45, 2.75) is 9.79 Å². The van der Waals surface area contributed by atoms with Gasteiger partial charge in [0.15, 0.2) is 8.07 Å². The zero-order valence-electron chi connectivity index (χ0n) is 30.6. The molecule has 12 rings (SSSR count). The van der Waals surface area contributed by atoms with Gasteiger partial charge in [-0.1, -0.05) is 121 Å². The van der Waals surface area contributed by atoms with Gasteiger partial charge in [-0.05, 0) is 86.8 Å². The fourth-order valence-electron chi connectivity index (χ4n) is 9.29. The van der Waals surface area contributed by atoms with Crippen LogP contribution in [-0.2, 0) is 0 Å². The largest absolute Gasteiger partial charge is 0.457 e. The van der Waals surface area contributed by atoms with Crippen molar-refractivity contribution in [1.82, 2.24) is 18.9 Å². The van der Waals surface area contributed by atoms with E-state index in [4.69, 9.17) is 14.7 Å². The number of benzene rings is 7. The molecule has 1 aliphatic heterocycles. The number of pyridine rings is 2. The third kappa shape index (κ3) is 4.70. The van der Waals surface area contributed by atoms with E-state index >= 15 is 0 Å². The highest BCUT2D eigenvalue weighted by molar-refractivity contribution is 8.00. The zero-order chi connectivity index (χ0) is 37.5. The number of para-hydroxylation sites is 1. The van der Waals surface area contributed by atoms with Crippen molar-refractivity contribution < 1.29 is 4.74 Å². The first-order valence-corrected chi connectivity index (χ1v) is 22.0. The second-order valence-corrected chi connectivity index (χ2v) is 19.4. The van der Waals surface area contributed by atoms with Gasteiger partial charge in [-0.25, -0.2) is 9.97 Å². The van der Waals surface area contributed by atoms with Gasteiger partial charge in [0, 0.05) is 56.0 Å². The van der Waals surface area contributed by atoms with Crippen molar-refractivity contribution in [3.8, 4) is 17.2 Å². The van der Waals surface area contributed by atoms with Crippen LogP contribution in [0.15, 0.2) is 204 Å². The highest BCUT2D eigenvalue weighted by atomic mass is 32.2. The van der Waals surface area contributed by atoms with E-state index in [-0.39, 0.29) is 0 Å². The van der Waals surface area contributed by atoms with E-state index in [9.17, 15) is 0 Å². The van der Waals surface area contributed by atoms with Gasteiger partial charge in [-0.3, -0.25) is 8.97 Å². The molecular weight excluding hydrogens is 733 g/mol. The Kier molecular flexibility index (Phi) is 7.11. The van der Waals surface area contributed by atoms with Crippen LogP contribution in [0.4, 0.5) is 0 Å². The lowest BCUT2D eigenvalue weighted by atomic mass is 10.1. The van der Waals surface area contributed by atoms with Gasteiger partial charge < -0.3 is 4.74 Å². The van der Waals surface area contributed by atoms with E-state index in [0.29, 0.717) is 0 Å². The molecule has 0 saturated heterocycles. The molecule has 57 heavy (non-hydrogen) atoms. The molecule has 1 aliphatic rings. The number of hydrogen-bond donors (Lipinski definition) is 0. The van der Waals surface area contributed by atoms with Crippen LogP contribution in [0.25, 0.3) is 54.9 Å². The van der Waals surface area contributed by atoms with E-state index < -0.39 is 8.07 Å². The molecule has 0 N–H and O–H groups in total. The summed E-state index contributed by atoms with van der Waals surface area (Å²) in [5, 5.41) is 11.4. The molecule has 5 heterocycles. The molecule has 11 aromatic rings. The summed E-state index contributed by atoms with van der Waals surface area (Å²) in [5.74, 6) is 1.51. The molecule has 0 saturated carbocycles. The van der Waals surface area contributed by atoms with E-state index in [0.717, 1.165) is 55.7 Å². The number of hydrogen-bond acceptors (Lipinski definition) is 4. The predicted molar refractivity (Wildman–Crippen MR) is 237 cm³/mol. The van der Waals surface area contributed by atoms with Crippen LogP contribution in [0.3, 0.4) is 0 Å². The van der Waals surface area contributed by atoms with Crippen molar-refractivity contribution in [1.29, 1.82) is 0 Å². The first-order chi connectivity index (χ1) is 28.3. The van der Waals surface area contributed by atoms with Crippen LogP contribution in [0.1, 0.15) is 0 Å². The van der Waals surface area contributed by atoms with Crippen LogP contribution < -0.4 is 25.5 Å². The molecular formula is C50H32N4OSSi. The third-order valence-electron chi connectivity index (χ3n) is 11.6. The van der Waals surface area contributed by atoms with Gasteiger partial charge in [0.1, 0.15) is 22.8 Å². The van der Waals surface area contributed by atoms with Crippen molar-refractivity contribution >= 4 is 89.8 Å². The summed E-state index contributed by atoms with van der Waals surface area (Å²) in [6.45, 7) is 0. The fraction of sp³-hybridized carbons (Fsp3) is 0. The van der Waals surface area contributed by atoms with Gasteiger partial charge in [0.25, 0.3) is 0 Å². The van der Waals surface area contributed by atoms with E-state index in [1.54, 1.807) is 0 Å². The smallest absolute Gasteiger partial charge is 0.181 e. The first kappa shape index (κ1) is 32.3. The summed E-state index contributed by atoms with van der Waals surface area (Å²) in [6.07, 6.45) is 5.78. The molecule has 7 aromatic carbocycles. The SMILES string of the molecule is c1ccc([Si]2(c3ccccc3)c3ccccc3Sc3c2ccc2c3c3cccnc3n2-c2cccc(Oc3ccc4c5ccccc5n5ccnc5c4c3)c2)cc1. The Bertz CT molecular complexity index is 3340. The Morgan fingerprint density at radius 2 is 1.23 bits per heavy atom. The molecule has 0 spiro atoms. The Balaban J connectivity index is 1.05. The number of nitrogens with zero attached hydrogens (tertiary/aromatic N) is 4. The molecule has 0 fully saturated rings. The lowest BCUT2D eigenvalue weighted by Gasteiger charge is -2.40. The van der Waals surface area contributed by atoms with E-state index in [1.807, 2.05) is 36.4 Å². The maximum atomic E-state index is 6.67. The zero-order valence-corrected chi connectivity index (χ0v) is 32.4. The second kappa shape index (κ2) is 12.5. The van der Waals surface area contributed by atoms with Crippen LogP contribution in [0, 0.1) is 0 Å². The Hall–Kier alpha value is -6.93. The molecule has 0 amide bonds. The van der Waals surface area contributed by atoms with Crippen LogP contribution >= 0.6 is 11.8 Å². The van der Waals surface area contributed by atoms with Crippen LogP contribution in [0.5, 0.6) is 11.5 Å². The number of imidazole rings is 1. The quantitative estimate of drug-likeness (QED) is 0.129. The molecule has 0 unspecified atom stereocenters. The van der Waals surface area contributed by atoms with Crippen LogP contribution in [-0.4, -0.2) is 27.0 Å². The second-order valence-electron chi connectivity index (χ2n) is 14.6. The number of aromatic nitrogens is 4. The fourth-order valence-corrected chi connectivity index (χ4v) is 16.4. The summed E-state index contributed by atoms with van der Waals surface area (Å²) in [6, 6.07) is 63.6. The summed E-state index contributed by atoms with van der Waals surface area (Å²) in [4.78, 5) is 12.4.